The molecule has 2 aromatic carbocycles. The molecular weight excluding hydrogens is 412 g/mol. The van der Waals surface area contributed by atoms with Crippen LogP contribution in [0.1, 0.15) is 37.4 Å². The predicted molar refractivity (Wildman–Crippen MR) is 102 cm³/mol. The highest BCUT2D eigenvalue weighted by Gasteiger charge is 2.45. The maximum Gasteiger partial charge on any atom is 0.229 e. The highest BCUT2D eigenvalue weighted by molar-refractivity contribution is 6.30. The van der Waals surface area contributed by atoms with Crippen molar-refractivity contribution < 1.29 is 49.7 Å². The second-order valence-electron chi connectivity index (χ2n) is 7.54. The molecule has 2 aromatic rings. The molecule has 0 unspecified atom stereocenters. The third-order valence-electron chi connectivity index (χ3n) is 5.40. The maximum atomic E-state index is 13.0. The molecule has 0 radical (unpaired) electrons. The SMILES string of the molecule is Cc1cc(O)c2c(c1)C(=O)c1cc(O[C@H]3O[C@H](CO)[C@H](O)[C@@H](O)[C@H]3O)cc(O)c1C2=O. The maximum absolute atomic E-state index is 13.0. The molecular formula is C21H20O10. The van der Waals surface area contributed by atoms with Crippen LogP contribution in [0, 0.1) is 6.92 Å². The van der Waals surface area contributed by atoms with Gasteiger partial charge in [0.1, 0.15) is 41.7 Å². The molecule has 0 saturated carbocycles. The molecule has 0 aromatic heterocycles. The van der Waals surface area contributed by atoms with Gasteiger partial charge in [0.2, 0.25) is 12.1 Å². The Morgan fingerprint density at radius 2 is 1.48 bits per heavy atom. The molecule has 0 amide bonds. The van der Waals surface area contributed by atoms with Gasteiger partial charge in [0.15, 0.2) is 5.78 Å². The van der Waals surface area contributed by atoms with Gasteiger partial charge >= 0.3 is 0 Å². The van der Waals surface area contributed by atoms with Crippen molar-refractivity contribution in [3.63, 3.8) is 0 Å². The lowest BCUT2D eigenvalue weighted by molar-refractivity contribution is -0.277. The van der Waals surface area contributed by atoms with Crippen LogP contribution in [0.4, 0.5) is 0 Å². The molecule has 0 spiro atoms. The van der Waals surface area contributed by atoms with Crippen LogP contribution in [-0.2, 0) is 4.74 Å². The van der Waals surface area contributed by atoms with Crippen molar-refractivity contribution in [2.75, 3.05) is 6.61 Å². The van der Waals surface area contributed by atoms with Gasteiger partial charge < -0.3 is 40.1 Å². The van der Waals surface area contributed by atoms with E-state index in [-0.39, 0.29) is 33.8 Å². The molecule has 4 rings (SSSR count). The van der Waals surface area contributed by atoms with Crippen molar-refractivity contribution in [2.45, 2.75) is 37.6 Å². The van der Waals surface area contributed by atoms with E-state index in [0.717, 1.165) is 6.07 Å². The molecule has 1 aliphatic heterocycles. The predicted octanol–water partition coefficient (Wildman–Crippen LogP) is -0.640. The van der Waals surface area contributed by atoms with Crippen LogP contribution in [0.2, 0.25) is 0 Å². The lowest BCUT2D eigenvalue weighted by Gasteiger charge is -2.39. The van der Waals surface area contributed by atoms with Gasteiger partial charge in [-0.05, 0) is 30.7 Å². The minimum Gasteiger partial charge on any atom is -0.507 e. The molecule has 1 fully saturated rings. The summed E-state index contributed by atoms with van der Waals surface area (Å²) in [6.07, 6.45) is -7.71. The number of ketones is 2. The number of fused-ring (bicyclic) bond motifs is 2. The number of rotatable bonds is 3. The van der Waals surface area contributed by atoms with Crippen LogP contribution in [0.3, 0.4) is 0 Å². The Hall–Kier alpha value is -3.02. The summed E-state index contributed by atoms with van der Waals surface area (Å²) in [5.74, 6) is -2.50. The summed E-state index contributed by atoms with van der Waals surface area (Å²) in [6, 6.07) is 4.96. The molecule has 31 heavy (non-hydrogen) atoms. The van der Waals surface area contributed by atoms with Crippen LogP contribution >= 0.6 is 0 Å². The quantitative estimate of drug-likeness (QED) is 0.312. The third-order valence-corrected chi connectivity index (χ3v) is 5.40. The lowest BCUT2D eigenvalue weighted by atomic mass is 9.82. The van der Waals surface area contributed by atoms with E-state index in [9.17, 15) is 40.2 Å². The molecule has 10 heteroatoms. The Bertz CT molecular complexity index is 1080. The molecule has 1 heterocycles. The fourth-order valence-electron chi connectivity index (χ4n) is 3.84. The van der Waals surface area contributed by atoms with E-state index in [0.29, 0.717) is 5.56 Å². The zero-order chi connectivity index (χ0) is 22.6. The molecule has 6 N–H and O–H groups in total. The van der Waals surface area contributed by atoms with Crippen molar-refractivity contribution in [3.8, 4) is 17.2 Å². The average Bonchev–Trinajstić information content (AvgIpc) is 2.71. The summed E-state index contributed by atoms with van der Waals surface area (Å²) < 4.78 is 10.7. The Morgan fingerprint density at radius 1 is 0.871 bits per heavy atom. The number of phenols is 2. The van der Waals surface area contributed by atoms with Crippen molar-refractivity contribution in [2.24, 2.45) is 0 Å². The first-order valence-electron chi connectivity index (χ1n) is 9.41. The number of phenolic OH excluding ortho intramolecular Hbond substituents is 2. The summed E-state index contributed by atoms with van der Waals surface area (Å²) in [7, 11) is 0. The Morgan fingerprint density at radius 3 is 2.13 bits per heavy atom. The molecule has 0 bridgehead atoms. The Labute approximate surface area is 175 Å². The van der Waals surface area contributed by atoms with E-state index < -0.39 is 54.6 Å². The smallest absolute Gasteiger partial charge is 0.229 e. The Kier molecular flexibility index (Phi) is 5.20. The number of hydrogen-bond donors (Lipinski definition) is 6. The van der Waals surface area contributed by atoms with E-state index >= 15 is 0 Å². The van der Waals surface area contributed by atoms with Gasteiger partial charge in [-0.2, -0.15) is 0 Å². The van der Waals surface area contributed by atoms with Crippen molar-refractivity contribution in [1.82, 2.24) is 0 Å². The topological polar surface area (TPSA) is 174 Å². The number of aryl methyl sites for hydroxylation is 1. The number of benzene rings is 2. The lowest BCUT2D eigenvalue weighted by Crippen LogP contribution is -2.60. The van der Waals surface area contributed by atoms with Crippen LogP contribution in [-0.4, -0.2) is 79.5 Å². The van der Waals surface area contributed by atoms with Crippen LogP contribution < -0.4 is 4.74 Å². The van der Waals surface area contributed by atoms with Gasteiger partial charge in [0, 0.05) is 17.2 Å². The summed E-state index contributed by atoms with van der Waals surface area (Å²) in [4.78, 5) is 25.9. The molecule has 10 nitrogen and oxygen atoms in total. The first kappa shape index (κ1) is 21.2. The minimum atomic E-state index is -1.70. The molecule has 5 atom stereocenters. The van der Waals surface area contributed by atoms with Crippen LogP contribution in [0.15, 0.2) is 24.3 Å². The van der Waals surface area contributed by atoms with E-state index in [1.807, 2.05) is 0 Å². The largest absolute Gasteiger partial charge is 0.507 e. The van der Waals surface area contributed by atoms with E-state index in [2.05, 4.69) is 0 Å². The normalized spacial score (nSPS) is 27.6. The zero-order valence-corrected chi connectivity index (χ0v) is 16.2. The number of aromatic hydroxyl groups is 2. The van der Waals surface area contributed by atoms with Gasteiger partial charge in [-0.25, -0.2) is 0 Å². The van der Waals surface area contributed by atoms with Crippen LogP contribution in [0.5, 0.6) is 17.2 Å². The van der Waals surface area contributed by atoms with Gasteiger partial charge in [-0.15, -0.1) is 0 Å². The average molecular weight is 432 g/mol. The van der Waals surface area contributed by atoms with Crippen LogP contribution in [0.25, 0.3) is 0 Å². The molecule has 1 aliphatic carbocycles. The van der Waals surface area contributed by atoms with E-state index in [1.54, 1.807) is 6.92 Å². The number of hydrogen-bond acceptors (Lipinski definition) is 10. The number of ether oxygens (including phenoxy) is 2. The van der Waals surface area contributed by atoms with Crippen molar-refractivity contribution in [3.05, 3.63) is 52.1 Å². The second kappa shape index (κ2) is 7.59. The third kappa shape index (κ3) is 3.34. The Balaban J connectivity index is 1.72. The number of aliphatic hydroxyl groups is 4. The van der Waals surface area contributed by atoms with Gasteiger partial charge in [0.05, 0.1) is 17.7 Å². The zero-order valence-electron chi connectivity index (χ0n) is 16.2. The van der Waals surface area contributed by atoms with Gasteiger partial charge in [0.25, 0.3) is 0 Å². The molecule has 2 aliphatic rings. The molecule has 164 valence electrons. The van der Waals surface area contributed by atoms with E-state index in [4.69, 9.17) is 9.47 Å². The van der Waals surface area contributed by atoms with Gasteiger partial charge in [-0.3, -0.25) is 9.59 Å². The second-order valence-corrected chi connectivity index (χ2v) is 7.54. The standard InChI is InChI=1S/C21H20O10/c1-7-2-9-14(11(23)3-7)18(27)15-10(16(9)25)4-8(5-12(15)24)30-21-20(29)19(28)17(26)13(6-22)31-21/h2-5,13,17,19-24,26,28-29H,6H2,1H3/t13-,17+,19-,20-,21+/m1/s1. The number of aliphatic hydroxyl groups excluding tert-OH is 4. The summed E-state index contributed by atoms with van der Waals surface area (Å²) in [6.45, 7) is 0.982. The first-order valence-corrected chi connectivity index (χ1v) is 9.41. The summed E-state index contributed by atoms with van der Waals surface area (Å²) >= 11 is 0. The molecule has 1 saturated heterocycles. The fraction of sp³-hybridized carbons (Fsp3) is 0.333. The number of carbonyl (C=O) groups is 2. The number of carbonyl (C=O) groups excluding carboxylic acids is 2. The fourth-order valence-corrected chi connectivity index (χ4v) is 3.84. The van der Waals surface area contributed by atoms with Crippen molar-refractivity contribution in [1.29, 1.82) is 0 Å². The highest BCUT2D eigenvalue weighted by atomic mass is 16.7. The van der Waals surface area contributed by atoms with E-state index in [1.165, 1.54) is 18.2 Å². The van der Waals surface area contributed by atoms with Crippen molar-refractivity contribution >= 4 is 11.6 Å². The summed E-state index contributed by atoms with van der Waals surface area (Å²) in [5, 5.41) is 59.7. The highest BCUT2D eigenvalue weighted by Crippen LogP contribution is 2.40. The minimum absolute atomic E-state index is 0.0283. The van der Waals surface area contributed by atoms with Gasteiger partial charge in [-0.1, -0.05) is 0 Å². The summed E-state index contributed by atoms with van der Waals surface area (Å²) in [5.41, 5.74) is -0.168. The first-order chi connectivity index (χ1) is 14.6. The monoisotopic (exact) mass is 432 g/mol.